The number of likely N-dealkylation sites (tertiary alicyclic amines) is 1. The molecule has 1 saturated heterocycles. The maximum absolute atomic E-state index is 13.5. The van der Waals surface area contributed by atoms with Crippen molar-refractivity contribution < 1.29 is 18.7 Å². The number of nitrogens with zero attached hydrogens (tertiary/aromatic N) is 3. The summed E-state index contributed by atoms with van der Waals surface area (Å²) < 4.78 is 27.1. The zero-order chi connectivity index (χ0) is 22.2. The molecular formula is C22H28F2N4O2S. The Hall–Kier alpha value is -2.13. The second-order valence-electron chi connectivity index (χ2n) is 8.73. The van der Waals surface area contributed by atoms with Gasteiger partial charge in [-0.15, -0.1) is 11.3 Å². The van der Waals surface area contributed by atoms with Gasteiger partial charge in [0.25, 0.3) is 0 Å². The molecule has 2 aromatic heterocycles. The topological polar surface area (TPSA) is 78.4 Å². The van der Waals surface area contributed by atoms with Crippen LogP contribution in [-0.2, 0) is 10.4 Å². The first kappa shape index (κ1) is 22.1. The van der Waals surface area contributed by atoms with Gasteiger partial charge in [-0.2, -0.15) is 0 Å². The molecule has 2 N–H and O–H groups in total. The normalized spacial score (nSPS) is 21.1. The number of aryl methyl sites for hydroxylation is 1. The van der Waals surface area contributed by atoms with Crippen molar-refractivity contribution in [3.8, 4) is 10.7 Å². The zero-order valence-corrected chi connectivity index (χ0v) is 18.6. The van der Waals surface area contributed by atoms with E-state index in [1.54, 1.807) is 4.90 Å². The van der Waals surface area contributed by atoms with E-state index in [0.717, 1.165) is 16.3 Å². The van der Waals surface area contributed by atoms with E-state index in [4.69, 9.17) is 4.98 Å². The number of hydrogen-bond acceptors (Lipinski definition) is 6. The van der Waals surface area contributed by atoms with Gasteiger partial charge in [-0.3, -0.25) is 4.79 Å². The van der Waals surface area contributed by atoms with Crippen molar-refractivity contribution in [1.29, 1.82) is 0 Å². The first-order valence-electron chi connectivity index (χ1n) is 10.7. The van der Waals surface area contributed by atoms with Crippen LogP contribution in [0.1, 0.15) is 56.7 Å². The zero-order valence-electron chi connectivity index (χ0n) is 17.8. The van der Waals surface area contributed by atoms with Crippen molar-refractivity contribution >= 4 is 23.1 Å². The number of carbonyl (C=O) groups is 1. The Labute approximate surface area is 184 Å². The van der Waals surface area contributed by atoms with Gasteiger partial charge in [-0.25, -0.2) is 18.7 Å². The average molecular weight is 451 g/mol. The Morgan fingerprint density at radius 3 is 2.45 bits per heavy atom. The van der Waals surface area contributed by atoms with Crippen molar-refractivity contribution in [1.82, 2.24) is 14.9 Å². The molecule has 0 unspecified atom stereocenters. The van der Waals surface area contributed by atoms with Crippen molar-refractivity contribution in [3.05, 3.63) is 28.8 Å². The Kier molecular flexibility index (Phi) is 6.00. The van der Waals surface area contributed by atoms with E-state index < -0.39 is 11.5 Å². The summed E-state index contributed by atoms with van der Waals surface area (Å²) in [5.41, 5.74) is 1.19. The summed E-state index contributed by atoms with van der Waals surface area (Å²) in [5, 5.41) is 17.4. The fourth-order valence-corrected chi connectivity index (χ4v) is 5.09. The number of aliphatic hydroxyl groups is 1. The van der Waals surface area contributed by atoms with E-state index in [0.29, 0.717) is 50.3 Å². The predicted octanol–water partition coefficient (Wildman–Crippen LogP) is 4.33. The van der Waals surface area contributed by atoms with Gasteiger partial charge in [-0.05, 0) is 50.3 Å². The van der Waals surface area contributed by atoms with Gasteiger partial charge in [-0.1, -0.05) is 0 Å². The number of anilines is 1. The fraction of sp³-hybridized carbons (Fsp3) is 0.591. The SMILES string of the molecule is CC(=O)N1CCC(O)(c2cc(NC3CCC(F)(F)CC3)nc(-c3nc(C)cs3)c2)CC1. The number of thiazole rings is 1. The lowest BCUT2D eigenvalue weighted by molar-refractivity contribution is -0.133. The van der Waals surface area contributed by atoms with Crippen LogP contribution in [-0.4, -0.2) is 50.9 Å². The lowest BCUT2D eigenvalue weighted by atomic mass is 9.84. The molecule has 2 aliphatic rings. The molecule has 1 aliphatic heterocycles. The standard InChI is InChI=1S/C22H28F2N4O2S/c1-14-13-31-20(25-14)18-11-16(21(30)7-9-28(10-8-21)15(2)29)12-19(27-18)26-17-3-5-22(23,24)6-4-17/h11-13,17,30H,3-10H2,1-2H3,(H,26,27). The predicted molar refractivity (Wildman–Crippen MR) is 116 cm³/mol. The van der Waals surface area contributed by atoms with Gasteiger partial charge in [0.15, 0.2) is 0 Å². The van der Waals surface area contributed by atoms with E-state index in [2.05, 4.69) is 10.3 Å². The number of carbonyl (C=O) groups excluding carboxylic acids is 1. The monoisotopic (exact) mass is 450 g/mol. The average Bonchev–Trinajstić information content (AvgIpc) is 3.16. The van der Waals surface area contributed by atoms with Crippen LogP contribution in [0.25, 0.3) is 10.7 Å². The molecule has 1 amide bonds. The fourth-order valence-electron chi connectivity index (χ4n) is 4.33. The number of nitrogens with one attached hydrogen (secondary N) is 1. The first-order chi connectivity index (χ1) is 14.6. The van der Waals surface area contributed by atoms with E-state index in [1.807, 2.05) is 24.4 Å². The molecule has 4 rings (SSSR count). The van der Waals surface area contributed by atoms with Gasteiger partial charge in [0.1, 0.15) is 16.5 Å². The summed E-state index contributed by atoms with van der Waals surface area (Å²) in [7, 11) is 0. The minimum atomic E-state index is -2.59. The van der Waals surface area contributed by atoms with Gasteiger partial charge >= 0.3 is 0 Å². The Morgan fingerprint density at radius 1 is 1.19 bits per heavy atom. The minimum absolute atomic E-state index is 0.00665. The van der Waals surface area contributed by atoms with Crippen LogP contribution >= 0.6 is 11.3 Å². The summed E-state index contributed by atoms with van der Waals surface area (Å²) in [6, 6.07) is 3.60. The molecule has 0 radical (unpaired) electrons. The molecule has 0 aromatic carbocycles. The number of piperidine rings is 1. The van der Waals surface area contributed by atoms with Crippen molar-refractivity contribution in [2.45, 2.75) is 69.9 Å². The molecule has 168 valence electrons. The highest BCUT2D eigenvalue weighted by Crippen LogP contribution is 2.38. The highest BCUT2D eigenvalue weighted by molar-refractivity contribution is 7.13. The summed E-state index contributed by atoms with van der Waals surface area (Å²) >= 11 is 1.48. The third-order valence-electron chi connectivity index (χ3n) is 6.31. The number of pyridine rings is 1. The van der Waals surface area contributed by atoms with Crippen molar-refractivity contribution in [2.24, 2.45) is 0 Å². The van der Waals surface area contributed by atoms with Crippen LogP contribution in [0.4, 0.5) is 14.6 Å². The van der Waals surface area contributed by atoms with E-state index in [1.165, 1.54) is 18.3 Å². The minimum Gasteiger partial charge on any atom is -0.385 e. The van der Waals surface area contributed by atoms with Crippen LogP contribution in [0.2, 0.25) is 0 Å². The van der Waals surface area contributed by atoms with Crippen LogP contribution < -0.4 is 5.32 Å². The van der Waals surface area contributed by atoms with Gasteiger partial charge < -0.3 is 15.3 Å². The summed E-state index contributed by atoms with van der Waals surface area (Å²) in [6.07, 6.45) is 1.36. The quantitative estimate of drug-likeness (QED) is 0.725. The first-order valence-corrected chi connectivity index (χ1v) is 11.6. The molecule has 0 spiro atoms. The van der Waals surface area contributed by atoms with Gasteiger partial charge in [0.2, 0.25) is 11.8 Å². The van der Waals surface area contributed by atoms with E-state index in [-0.39, 0.29) is 24.8 Å². The molecule has 9 heteroatoms. The van der Waals surface area contributed by atoms with E-state index >= 15 is 0 Å². The number of rotatable bonds is 4. The van der Waals surface area contributed by atoms with Crippen molar-refractivity contribution in [3.63, 3.8) is 0 Å². The molecular weight excluding hydrogens is 422 g/mol. The van der Waals surface area contributed by atoms with Crippen LogP contribution in [0.3, 0.4) is 0 Å². The number of amides is 1. The lowest BCUT2D eigenvalue weighted by Gasteiger charge is -2.38. The van der Waals surface area contributed by atoms with Crippen LogP contribution in [0, 0.1) is 6.92 Å². The molecule has 1 saturated carbocycles. The van der Waals surface area contributed by atoms with Gasteiger partial charge in [0, 0.05) is 50.0 Å². The molecule has 2 aromatic rings. The van der Waals surface area contributed by atoms with Crippen LogP contribution in [0.5, 0.6) is 0 Å². The molecule has 0 atom stereocenters. The highest BCUT2D eigenvalue weighted by atomic mass is 32.1. The number of hydrogen-bond donors (Lipinski definition) is 2. The Morgan fingerprint density at radius 2 is 1.87 bits per heavy atom. The molecule has 6 nitrogen and oxygen atoms in total. The molecule has 31 heavy (non-hydrogen) atoms. The lowest BCUT2D eigenvalue weighted by Crippen LogP contribution is -2.44. The third-order valence-corrected chi connectivity index (χ3v) is 7.29. The molecule has 0 bridgehead atoms. The highest BCUT2D eigenvalue weighted by Gasteiger charge is 2.37. The van der Waals surface area contributed by atoms with E-state index in [9.17, 15) is 18.7 Å². The largest absolute Gasteiger partial charge is 0.385 e. The maximum atomic E-state index is 13.5. The molecule has 3 heterocycles. The molecule has 1 aliphatic carbocycles. The number of halogens is 2. The summed E-state index contributed by atoms with van der Waals surface area (Å²) in [4.78, 5) is 22.6. The second-order valence-corrected chi connectivity index (χ2v) is 9.59. The third kappa shape index (κ3) is 5.03. The summed E-state index contributed by atoms with van der Waals surface area (Å²) in [6.45, 7) is 4.42. The summed E-state index contributed by atoms with van der Waals surface area (Å²) in [5.74, 6) is -2.01. The van der Waals surface area contributed by atoms with Crippen molar-refractivity contribution in [2.75, 3.05) is 18.4 Å². The number of aromatic nitrogens is 2. The Balaban J connectivity index is 1.62. The maximum Gasteiger partial charge on any atom is 0.248 e. The molecule has 2 fully saturated rings. The number of alkyl halides is 2. The second kappa shape index (κ2) is 8.43. The van der Waals surface area contributed by atoms with Crippen LogP contribution in [0.15, 0.2) is 17.5 Å². The van der Waals surface area contributed by atoms with Gasteiger partial charge in [0.05, 0.1) is 5.60 Å². The Bertz CT molecular complexity index is 947. The smallest absolute Gasteiger partial charge is 0.248 e.